The summed E-state index contributed by atoms with van der Waals surface area (Å²) < 4.78 is 5.89. The normalized spacial score (nSPS) is 13.9. The molecule has 4 rings (SSSR count). The molecule has 0 radical (unpaired) electrons. The lowest BCUT2D eigenvalue weighted by Gasteiger charge is -2.13. The fraction of sp³-hybridized carbons (Fsp3) is 0.217. The summed E-state index contributed by atoms with van der Waals surface area (Å²) in [4.78, 5) is 33.8. The number of hydrogen-bond acceptors (Lipinski definition) is 8. The molecular weight excluding hydrogens is 442 g/mol. The zero-order valence-corrected chi connectivity index (χ0v) is 18.5. The number of non-ortho nitro benzene ring substituents is 1. The molecule has 11 nitrogen and oxygen atoms in total. The van der Waals surface area contributed by atoms with Crippen molar-refractivity contribution < 1.29 is 19.1 Å². The molecule has 0 spiro atoms. The van der Waals surface area contributed by atoms with Gasteiger partial charge in [-0.05, 0) is 44.4 Å². The Hall–Kier alpha value is -4.54. The van der Waals surface area contributed by atoms with Gasteiger partial charge in [0.25, 0.3) is 11.6 Å². The molecule has 34 heavy (non-hydrogen) atoms. The number of anilines is 2. The molecule has 174 valence electrons. The van der Waals surface area contributed by atoms with Crippen LogP contribution in [-0.2, 0) is 6.42 Å². The average molecular weight is 463 g/mol. The molecule has 0 saturated carbocycles. The quantitative estimate of drug-likeness (QED) is 0.380. The van der Waals surface area contributed by atoms with Crippen molar-refractivity contribution in [3.05, 3.63) is 90.9 Å². The van der Waals surface area contributed by atoms with Crippen LogP contribution in [0.1, 0.15) is 45.8 Å². The summed E-state index contributed by atoms with van der Waals surface area (Å²) in [5, 5.41) is 29.5. The van der Waals surface area contributed by atoms with E-state index in [-0.39, 0.29) is 23.0 Å². The van der Waals surface area contributed by atoms with E-state index in [1.54, 1.807) is 13.0 Å². The van der Waals surface area contributed by atoms with Crippen molar-refractivity contribution in [2.45, 2.75) is 33.1 Å². The first-order chi connectivity index (χ1) is 16.3. The van der Waals surface area contributed by atoms with Crippen molar-refractivity contribution in [1.82, 2.24) is 0 Å². The first-order valence-corrected chi connectivity index (χ1v) is 10.5. The second kappa shape index (κ2) is 9.14. The summed E-state index contributed by atoms with van der Waals surface area (Å²) in [7, 11) is 0. The Bertz CT molecular complexity index is 1340. The van der Waals surface area contributed by atoms with Gasteiger partial charge in [-0.3, -0.25) is 30.4 Å². The molecule has 0 atom stereocenters. The first kappa shape index (κ1) is 22.6. The van der Waals surface area contributed by atoms with E-state index in [1.807, 2.05) is 25.1 Å². The van der Waals surface area contributed by atoms with Crippen LogP contribution in [0.5, 0.6) is 0 Å². The fourth-order valence-corrected chi connectivity index (χ4v) is 3.90. The molecule has 1 aromatic heterocycles. The Morgan fingerprint density at radius 2 is 1.79 bits per heavy atom. The van der Waals surface area contributed by atoms with Gasteiger partial charge in [0, 0.05) is 29.3 Å². The van der Waals surface area contributed by atoms with Crippen LogP contribution in [0.3, 0.4) is 0 Å². The van der Waals surface area contributed by atoms with E-state index < -0.39 is 15.5 Å². The summed E-state index contributed by atoms with van der Waals surface area (Å²) in [6.45, 7) is 3.66. The molecule has 1 amide bonds. The number of rotatable bonds is 6. The Morgan fingerprint density at radius 3 is 2.50 bits per heavy atom. The lowest BCUT2D eigenvalue weighted by atomic mass is 9.93. The number of hydrogen-bond donors (Lipinski definition) is 2. The van der Waals surface area contributed by atoms with E-state index in [9.17, 15) is 25.0 Å². The van der Waals surface area contributed by atoms with E-state index in [0.717, 1.165) is 18.1 Å². The maximum atomic E-state index is 12.9. The number of para-hydroxylation sites is 1. The first-order valence-electron chi connectivity index (χ1n) is 10.5. The van der Waals surface area contributed by atoms with Gasteiger partial charge >= 0.3 is 5.69 Å². The molecular formula is C23H21N5O6. The topological polar surface area (TPSA) is 153 Å². The monoisotopic (exact) mass is 463 g/mol. The van der Waals surface area contributed by atoms with Crippen LogP contribution in [0.15, 0.2) is 52.0 Å². The molecule has 0 saturated heterocycles. The number of furan rings is 1. The summed E-state index contributed by atoms with van der Waals surface area (Å²) >= 11 is 0. The van der Waals surface area contributed by atoms with Gasteiger partial charge < -0.3 is 9.73 Å². The number of fused-ring (bicyclic) bond motifs is 1. The molecule has 2 N–H and O–H groups in total. The number of nitrogens with zero attached hydrogens (tertiary/aromatic N) is 3. The summed E-state index contributed by atoms with van der Waals surface area (Å²) in [5.41, 5.74) is 5.34. The second-order valence-corrected chi connectivity index (χ2v) is 7.86. The number of benzene rings is 2. The minimum absolute atomic E-state index is 0.0221. The van der Waals surface area contributed by atoms with Crippen LogP contribution in [0, 0.1) is 34.1 Å². The van der Waals surface area contributed by atoms with E-state index in [1.165, 1.54) is 12.1 Å². The van der Waals surface area contributed by atoms with Gasteiger partial charge in [-0.15, -0.1) is 0 Å². The molecule has 0 fully saturated rings. The van der Waals surface area contributed by atoms with Gasteiger partial charge in [0.05, 0.1) is 21.6 Å². The Morgan fingerprint density at radius 1 is 1.03 bits per heavy atom. The highest BCUT2D eigenvalue weighted by Crippen LogP contribution is 2.32. The van der Waals surface area contributed by atoms with Crippen molar-refractivity contribution >= 4 is 34.4 Å². The van der Waals surface area contributed by atoms with Gasteiger partial charge in [0.2, 0.25) is 0 Å². The SMILES string of the molecule is Cc1ccccc1NC(=O)c1oc2c(c1C)/C(=N/Nc1ccc([N+](=O)[O-])cc1[N+](=O)[O-])CCC2. The zero-order valence-electron chi connectivity index (χ0n) is 18.5. The largest absolute Gasteiger partial charge is 0.455 e. The minimum Gasteiger partial charge on any atom is -0.455 e. The van der Waals surface area contributed by atoms with Crippen molar-refractivity contribution in [1.29, 1.82) is 0 Å². The van der Waals surface area contributed by atoms with Crippen LogP contribution < -0.4 is 10.7 Å². The van der Waals surface area contributed by atoms with Crippen LogP contribution in [0.4, 0.5) is 22.7 Å². The average Bonchev–Trinajstić information content (AvgIpc) is 3.16. The van der Waals surface area contributed by atoms with Crippen LogP contribution in [0.25, 0.3) is 0 Å². The molecule has 1 aliphatic rings. The van der Waals surface area contributed by atoms with Crippen LogP contribution in [0.2, 0.25) is 0 Å². The number of nitro groups is 2. The number of nitro benzene ring substituents is 2. The maximum Gasteiger partial charge on any atom is 0.301 e. The third kappa shape index (κ3) is 4.35. The zero-order chi connectivity index (χ0) is 24.4. The van der Waals surface area contributed by atoms with Crippen LogP contribution in [-0.4, -0.2) is 21.5 Å². The molecule has 1 heterocycles. The second-order valence-electron chi connectivity index (χ2n) is 7.86. The predicted octanol–water partition coefficient (Wildman–Crippen LogP) is 5.12. The Kier molecular flexibility index (Phi) is 6.09. The lowest BCUT2D eigenvalue weighted by Crippen LogP contribution is -2.15. The van der Waals surface area contributed by atoms with Gasteiger partial charge in [-0.1, -0.05) is 18.2 Å². The fourth-order valence-electron chi connectivity index (χ4n) is 3.90. The number of aryl methyl sites for hydroxylation is 2. The van der Waals surface area contributed by atoms with E-state index >= 15 is 0 Å². The predicted molar refractivity (Wildman–Crippen MR) is 125 cm³/mol. The highest BCUT2D eigenvalue weighted by atomic mass is 16.6. The lowest BCUT2D eigenvalue weighted by molar-refractivity contribution is -0.393. The number of nitrogens with one attached hydrogen (secondary N) is 2. The highest BCUT2D eigenvalue weighted by Gasteiger charge is 2.28. The van der Waals surface area contributed by atoms with Crippen molar-refractivity contribution in [2.75, 3.05) is 10.7 Å². The molecule has 3 aromatic rings. The number of carbonyl (C=O) groups is 1. The minimum atomic E-state index is -0.709. The Balaban J connectivity index is 1.63. The highest BCUT2D eigenvalue weighted by molar-refractivity contribution is 6.09. The van der Waals surface area contributed by atoms with Crippen molar-refractivity contribution in [3.8, 4) is 0 Å². The van der Waals surface area contributed by atoms with E-state index in [0.29, 0.717) is 41.1 Å². The maximum absolute atomic E-state index is 12.9. The van der Waals surface area contributed by atoms with Gasteiger partial charge in [0.1, 0.15) is 11.4 Å². The number of hydrazone groups is 1. The molecule has 11 heteroatoms. The van der Waals surface area contributed by atoms with Gasteiger partial charge in [-0.2, -0.15) is 5.10 Å². The Labute approximate surface area is 193 Å². The third-order valence-corrected chi connectivity index (χ3v) is 5.63. The summed E-state index contributed by atoms with van der Waals surface area (Å²) in [5.74, 6) is 0.432. The molecule has 0 aliphatic heterocycles. The van der Waals surface area contributed by atoms with E-state index in [4.69, 9.17) is 4.42 Å². The summed E-state index contributed by atoms with van der Waals surface area (Å²) in [6.07, 6.45) is 1.92. The molecule has 0 unspecified atom stereocenters. The standard InChI is InChI=1S/C23H21N5O6/c1-13-6-3-4-7-16(13)24-23(29)22-14(2)21-18(8-5-9-20(21)34-22)26-25-17-11-10-15(27(30)31)12-19(17)28(32)33/h3-4,6-7,10-12,25H,5,8-9H2,1-2H3,(H,24,29)/b26-18+. The molecule has 2 aromatic carbocycles. The van der Waals surface area contributed by atoms with E-state index in [2.05, 4.69) is 15.8 Å². The van der Waals surface area contributed by atoms with Crippen molar-refractivity contribution in [2.24, 2.45) is 5.10 Å². The number of amides is 1. The molecule has 0 bridgehead atoms. The van der Waals surface area contributed by atoms with Crippen molar-refractivity contribution in [3.63, 3.8) is 0 Å². The smallest absolute Gasteiger partial charge is 0.301 e. The third-order valence-electron chi connectivity index (χ3n) is 5.63. The van der Waals surface area contributed by atoms with Crippen LogP contribution >= 0.6 is 0 Å². The van der Waals surface area contributed by atoms with Gasteiger partial charge in [0.15, 0.2) is 5.76 Å². The summed E-state index contributed by atoms with van der Waals surface area (Å²) in [6, 6.07) is 10.7. The van der Waals surface area contributed by atoms with Gasteiger partial charge in [-0.25, -0.2) is 0 Å². The number of carbonyl (C=O) groups excluding carboxylic acids is 1. The molecule has 1 aliphatic carbocycles.